The molecule has 0 bridgehead atoms. The summed E-state index contributed by atoms with van der Waals surface area (Å²) in [5, 5.41) is 13.7. The van der Waals surface area contributed by atoms with Gasteiger partial charge in [0.1, 0.15) is 17.7 Å². The molecule has 0 atom stereocenters. The van der Waals surface area contributed by atoms with Gasteiger partial charge in [0.25, 0.3) is 0 Å². The van der Waals surface area contributed by atoms with Gasteiger partial charge < -0.3 is 21.1 Å². The summed E-state index contributed by atoms with van der Waals surface area (Å²) < 4.78 is 19.6. The second-order valence-electron chi connectivity index (χ2n) is 6.89. The van der Waals surface area contributed by atoms with Gasteiger partial charge in [-0.15, -0.1) is 5.10 Å². The Balaban J connectivity index is 1.70. The molecule has 1 aliphatic heterocycles. The van der Waals surface area contributed by atoms with Gasteiger partial charge in [0.05, 0.1) is 11.1 Å². The first-order valence-corrected chi connectivity index (χ1v) is 9.53. The first-order chi connectivity index (χ1) is 14.6. The Kier molecular flexibility index (Phi) is 5.75. The summed E-state index contributed by atoms with van der Waals surface area (Å²) in [4.78, 5) is 8.81. The molecule has 1 fully saturated rings. The van der Waals surface area contributed by atoms with Crippen LogP contribution in [0.1, 0.15) is 18.4 Å². The maximum atomic E-state index is 13.4. The lowest BCUT2D eigenvalue weighted by Gasteiger charge is -2.25. The molecular weight excluding hydrogens is 387 g/mol. The van der Waals surface area contributed by atoms with Gasteiger partial charge in [-0.25, -0.2) is 14.4 Å². The fourth-order valence-corrected chi connectivity index (χ4v) is 3.31. The van der Waals surface area contributed by atoms with Crippen LogP contribution in [0.2, 0.25) is 0 Å². The van der Waals surface area contributed by atoms with E-state index in [1.54, 1.807) is 30.5 Å². The number of benzene rings is 2. The van der Waals surface area contributed by atoms with Crippen molar-refractivity contribution < 1.29 is 9.13 Å². The molecule has 0 radical (unpaired) electrons. The highest BCUT2D eigenvalue weighted by Gasteiger charge is 2.19. The van der Waals surface area contributed by atoms with E-state index in [0.29, 0.717) is 28.5 Å². The van der Waals surface area contributed by atoms with Gasteiger partial charge in [-0.1, -0.05) is 11.3 Å². The van der Waals surface area contributed by atoms with Crippen molar-refractivity contribution in [2.24, 2.45) is 16.1 Å². The quantitative estimate of drug-likeness (QED) is 0.214. The number of ether oxygens (including phenoxy) is 1. The van der Waals surface area contributed by atoms with Crippen LogP contribution in [0.3, 0.4) is 0 Å². The van der Waals surface area contributed by atoms with Crippen molar-refractivity contribution in [3.8, 4) is 5.75 Å². The van der Waals surface area contributed by atoms with Crippen LogP contribution in [0.4, 0.5) is 16.0 Å². The van der Waals surface area contributed by atoms with Gasteiger partial charge in [0.2, 0.25) is 5.95 Å². The van der Waals surface area contributed by atoms with Crippen LogP contribution in [0.15, 0.2) is 52.9 Å². The number of hydrogen-bond donors (Lipinski definition) is 4. The lowest BCUT2D eigenvalue weighted by atomic mass is 10.1. The largest absolute Gasteiger partial charge is 0.489 e. The molecule has 1 aliphatic rings. The van der Waals surface area contributed by atoms with Gasteiger partial charge in [-0.05, 0) is 50.2 Å². The lowest BCUT2D eigenvalue weighted by molar-refractivity contribution is 0.162. The van der Waals surface area contributed by atoms with Crippen LogP contribution >= 0.6 is 0 Å². The van der Waals surface area contributed by atoms with Crippen molar-refractivity contribution >= 4 is 28.4 Å². The van der Waals surface area contributed by atoms with E-state index < -0.39 is 0 Å². The molecular formula is C20H21FN8O. The summed E-state index contributed by atoms with van der Waals surface area (Å²) in [7, 11) is 0. The molecule has 5 N–H and O–H groups in total. The van der Waals surface area contributed by atoms with Crippen LogP contribution in [0, 0.1) is 11.3 Å². The van der Waals surface area contributed by atoms with E-state index in [2.05, 4.69) is 30.9 Å². The van der Waals surface area contributed by atoms with E-state index in [9.17, 15) is 4.39 Å². The average Bonchev–Trinajstić information content (AvgIpc) is 2.74. The van der Waals surface area contributed by atoms with Crippen molar-refractivity contribution in [3.05, 3.63) is 54.0 Å². The van der Waals surface area contributed by atoms with Gasteiger partial charge in [-0.2, -0.15) is 5.53 Å². The average molecular weight is 408 g/mol. The third kappa shape index (κ3) is 4.49. The van der Waals surface area contributed by atoms with Crippen molar-refractivity contribution in [2.45, 2.75) is 18.9 Å². The molecule has 2 heterocycles. The second-order valence-corrected chi connectivity index (χ2v) is 6.89. The molecule has 2 aromatic carbocycles. The highest BCUT2D eigenvalue weighted by Crippen LogP contribution is 2.28. The normalized spacial score (nSPS) is 15.2. The molecule has 3 aromatic rings. The van der Waals surface area contributed by atoms with E-state index in [4.69, 9.17) is 16.0 Å². The number of aromatic nitrogens is 2. The minimum Gasteiger partial charge on any atom is -0.489 e. The molecule has 0 aliphatic carbocycles. The summed E-state index contributed by atoms with van der Waals surface area (Å²) in [5.74, 6) is 0.585. The minimum atomic E-state index is -0.349. The van der Waals surface area contributed by atoms with Crippen LogP contribution in [-0.2, 0) is 0 Å². The molecule has 30 heavy (non-hydrogen) atoms. The third-order valence-electron chi connectivity index (χ3n) is 4.78. The van der Waals surface area contributed by atoms with E-state index in [-0.39, 0.29) is 17.8 Å². The summed E-state index contributed by atoms with van der Waals surface area (Å²) in [6.45, 7) is 1.76. The van der Waals surface area contributed by atoms with E-state index in [0.717, 1.165) is 31.3 Å². The predicted octanol–water partition coefficient (Wildman–Crippen LogP) is 3.29. The van der Waals surface area contributed by atoms with Gasteiger partial charge in [0.15, 0.2) is 5.84 Å². The fourth-order valence-electron chi connectivity index (χ4n) is 3.31. The monoisotopic (exact) mass is 408 g/mol. The number of hydrogen-bond acceptors (Lipinski definition) is 7. The molecule has 0 spiro atoms. The fraction of sp³-hybridized carbons (Fsp3) is 0.250. The van der Waals surface area contributed by atoms with Crippen molar-refractivity contribution in [2.75, 3.05) is 18.4 Å². The highest BCUT2D eigenvalue weighted by molar-refractivity contribution is 6.03. The predicted molar refractivity (Wildman–Crippen MR) is 112 cm³/mol. The first kappa shape index (κ1) is 19.6. The van der Waals surface area contributed by atoms with E-state index >= 15 is 0 Å². The molecule has 10 heteroatoms. The SMILES string of the molecule is N=N/N=C(\N)c1cc2cnc(Nc3cccc(F)c3)nc2cc1OC1CCNCC1. The summed E-state index contributed by atoms with van der Waals surface area (Å²) in [6.07, 6.45) is 3.41. The Labute approximate surface area is 172 Å². The van der Waals surface area contributed by atoms with Gasteiger partial charge in [-0.3, -0.25) is 0 Å². The molecule has 4 rings (SSSR count). The van der Waals surface area contributed by atoms with Gasteiger partial charge in [0, 0.05) is 23.3 Å². The third-order valence-corrected chi connectivity index (χ3v) is 4.78. The standard InChI is InChI=1S/C20H21FN8O/c21-13-2-1-3-14(9-13)26-20-25-11-12-8-16(19(22)28-29-23)18(10-17(12)27-20)30-15-4-6-24-7-5-15/h1-3,8-11,15,24H,4-7H2,(H3,22,23,28)(H,25,26,27). The molecule has 0 unspecified atom stereocenters. The number of nitrogens with one attached hydrogen (secondary N) is 3. The number of amidine groups is 1. The summed E-state index contributed by atoms with van der Waals surface area (Å²) in [5.41, 5.74) is 14.7. The van der Waals surface area contributed by atoms with Crippen LogP contribution in [0.25, 0.3) is 10.9 Å². The van der Waals surface area contributed by atoms with Crippen LogP contribution in [0.5, 0.6) is 5.75 Å². The smallest absolute Gasteiger partial charge is 0.227 e. The number of nitrogens with zero attached hydrogens (tertiary/aromatic N) is 4. The molecule has 154 valence electrons. The van der Waals surface area contributed by atoms with Crippen molar-refractivity contribution in [3.63, 3.8) is 0 Å². The Morgan fingerprint density at radius 1 is 1.27 bits per heavy atom. The minimum absolute atomic E-state index is 0.0370. The number of nitrogens with two attached hydrogens (primary N) is 1. The van der Waals surface area contributed by atoms with Crippen molar-refractivity contribution in [1.29, 1.82) is 5.53 Å². The van der Waals surface area contributed by atoms with E-state index in [1.807, 2.05) is 0 Å². The van der Waals surface area contributed by atoms with E-state index in [1.165, 1.54) is 12.1 Å². The molecule has 0 saturated carbocycles. The molecule has 1 saturated heterocycles. The second kappa shape index (κ2) is 8.78. The zero-order valence-corrected chi connectivity index (χ0v) is 16.1. The zero-order valence-electron chi connectivity index (χ0n) is 16.1. The first-order valence-electron chi connectivity index (χ1n) is 9.53. The number of halogens is 1. The molecule has 0 amide bonds. The van der Waals surface area contributed by atoms with Crippen molar-refractivity contribution in [1.82, 2.24) is 15.3 Å². The maximum Gasteiger partial charge on any atom is 0.227 e. The molecule has 9 nitrogen and oxygen atoms in total. The number of rotatable bonds is 6. The maximum absolute atomic E-state index is 13.4. The summed E-state index contributed by atoms with van der Waals surface area (Å²) in [6, 6.07) is 9.61. The van der Waals surface area contributed by atoms with Crippen LogP contribution in [-0.4, -0.2) is 35.0 Å². The number of anilines is 2. The number of fused-ring (bicyclic) bond motifs is 1. The molecule has 1 aromatic heterocycles. The Morgan fingerprint density at radius 3 is 2.87 bits per heavy atom. The number of piperidine rings is 1. The van der Waals surface area contributed by atoms with Gasteiger partial charge >= 0.3 is 0 Å². The Bertz CT molecular complexity index is 1100. The summed E-state index contributed by atoms with van der Waals surface area (Å²) >= 11 is 0. The highest BCUT2D eigenvalue weighted by atomic mass is 19.1. The topological polar surface area (TPSA) is 134 Å². The zero-order chi connectivity index (χ0) is 20.9. The lowest BCUT2D eigenvalue weighted by Crippen LogP contribution is -2.34. The Hall–Kier alpha value is -3.66. The Morgan fingerprint density at radius 2 is 2.10 bits per heavy atom. The van der Waals surface area contributed by atoms with Crippen LogP contribution < -0.4 is 21.1 Å².